The van der Waals surface area contributed by atoms with Crippen molar-refractivity contribution in [2.75, 3.05) is 27.7 Å². The quantitative estimate of drug-likeness (QED) is 0.795. The first-order valence-corrected chi connectivity index (χ1v) is 9.32. The van der Waals surface area contributed by atoms with Crippen LogP contribution in [0.15, 0.2) is 27.6 Å². The van der Waals surface area contributed by atoms with Crippen molar-refractivity contribution in [2.24, 2.45) is 0 Å². The normalized spacial score (nSPS) is 18.0. The van der Waals surface area contributed by atoms with Crippen LogP contribution in [0.25, 0.3) is 0 Å². The van der Waals surface area contributed by atoms with Crippen molar-refractivity contribution in [3.05, 3.63) is 28.2 Å². The highest BCUT2D eigenvalue weighted by Gasteiger charge is 2.42. The lowest BCUT2D eigenvalue weighted by molar-refractivity contribution is 0.0455. The molecule has 1 aliphatic carbocycles. The summed E-state index contributed by atoms with van der Waals surface area (Å²) in [6.07, 6.45) is 3.27. The van der Waals surface area contributed by atoms with E-state index in [9.17, 15) is 8.42 Å². The molecule has 0 amide bonds. The van der Waals surface area contributed by atoms with Crippen LogP contribution in [0, 0.1) is 6.92 Å². The third-order valence-corrected chi connectivity index (χ3v) is 7.03. The van der Waals surface area contributed by atoms with Gasteiger partial charge in [-0.25, -0.2) is 8.42 Å². The van der Waals surface area contributed by atoms with E-state index in [-0.39, 0.29) is 5.54 Å². The van der Waals surface area contributed by atoms with Crippen molar-refractivity contribution in [3.8, 4) is 0 Å². The molecule has 0 radical (unpaired) electrons. The second kappa shape index (κ2) is 5.99. The summed E-state index contributed by atoms with van der Waals surface area (Å²) in [5.41, 5.74) is 0.763. The molecule has 6 heteroatoms. The van der Waals surface area contributed by atoms with Crippen LogP contribution in [0.3, 0.4) is 0 Å². The fraction of sp³-hybridized carbons (Fsp3) is 0.600. The first kappa shape index (κ1) is 16.9. The second-order valence-corrected chi connectivity index (χ2v) is 9.07. The number of sulfonamides is 1. The molecule has 0 spiro atoms. The summed E-state index contributed by atoms with van der Waals surface area (Å²) in [7, 11) is 2.28. The maximum absolute atomic E-state index is 12.8. The Morgan fingerprint density at radius 3 is 2.33 bits per heavy atom. The van der Waals surface area contributed by atoms with Crippen molar-refractivity contribution >= 4 is 26.0 Å². The van der Waals surface area contributed by atoms with Crippen LogP contribution >= 0.6 is 15.9 Å². The molecule has 118 valence electrons. The Morgan fingerprint density at radius 2 is 1.86 bits per heavy atom. The van der Waals surface area contributed by atoms with Crippen LogP contribution in [0.1, 0.15) is 24.8 Å². The highest BCUT2D eigenvalue weighted by molar-refractivity contribution is 9.10. The van der Waals surface area contributed by atoms with Gasteiger partial charge in [0.25, 0.3) is 0 Å². The van der Waals surface area contributed by atoms with Gasteiger partial charge in [0.15, 0.2) is 0 Å². The number of aryl methyl sites for hydroxylation is 1. The number of nitrogens with zero attached hydrogens (tertiary/aromatic N) is 2. The molecule has 21 heavy (non-hydrogen) atoms. The second-order valence-electron chi connectivity index (χ2n) is 6.14. The zero-order chi connectivity index (χ0) is 15.8. The molecule has 0 heterocycles. The molecule has 0 bridgehead atoms. The summed E-state index contributed by atoms with van der Waals surface area (Å²) in [5.74, 6) is 0. The number of rotatable bonds is 5. The Morgan fingerprint density at radius 1 is 1.24 bits per heavy atom. The molecule has 0 atom stereocenters. The first-order chi connectivity index (χ1) is 9.69. The lowest BCUT2D eigenvalue weighted by atomic mass is 9.75. The van der Waals surface area contributed by atoms with Crippen molar-refractivity contribution < 1.29 is 8.42 Å². The number of halogens is 1. The van der Waals surface area contributed by atoms with Crippen LogP contribution < -0.4 is 0 Å². The van der Waals surface area contributed by atoms with Gasteiger partial charge in [-0.2, -0.15) is 4.31 Å². The monoisotopic (exact) mass is 374 g/mol. The largest absolute Gasteiger partial charge is 0.302 e. The van der Waals surface area contributed by atoms with E-state index in [0.717, 1.165) is 22.9 Å². The van der Waals surface area contributed by atoms with E-state index in [4.69, 9.17) is 0 Å². The van der Waals surface area contributed by atoms with Gasteiger partial charge in [0, 0.05) is 23.6 Å². The van der Waals surface area contributed by atoms with Crippen molar-refractivity contribution in [2.45, 2.75) is 36.6 Å². The van der Waals surface area contributed by atoms with Crippen LogP contribution in [0.4, 0.5) is 0 Å². The van der Waals surface area contributed by atoms with E-state index in [1.54, 1.807) is 13.1 Å². The van der Waals surface area contributed by atoms with Crippen LogP contribution in [0.5, 0.6) is 0 Å². The molecule has 2 rings (SSSR count). The summed E-state index contributed by atoms with van der Waals surface area (Å²) in [4.78, 5) is 2.55. The van der Waals surface area contributed by atoms with Gasteiger partial charge in [-0.15, -0.1) is 0 Å². The first-order valence-electron chi connectivity index (χ1n) is 7.09. The Hall–Kier alpha value is -0.430. The summed E-state index contributed by atoms with van der Waals surface area (Å²) < 4.78 is 27.9. The van der Waals surface area contributed by atoms with Gasteiger partial charge in [-0.3, -0.25) is 0 Å². The number of likely N-dealkylation sites (N-methyl/N-ethyl adjacent to an activating group) is 2. The predicted molar refractivity (Wildman–Crippen MR) is 89.0 cm³/mol. The van der Waals surface area contributed by atoms with E-state index in [0.29, 0.717) is 11.4 Å². The lowest BCUT2D eigenvalue weighted by Crippen LogP contribution is -2.57. The average Bonchev–Trinajstić information content (AvgIpc) is 2.35. The highest BCUT2D eigenvalue weighted by atomic mass is 79.9. The molecule has 1 aliphatic rings. The SMILES string of the molecule is Cc1ccc(Br)cc1S(=O)(=O)N(C)CC1(N(C)C)CCC1. The molecule has 0 aromatic heterocycles. The number of hydrogen-bond acceptors (Lipinski definition) is 3. The van der Waals surface area contributed by atoms with Crippen LogP contribution in [-0.2, 0) is 10.0 Å². The Kier molecular flexibility index (Phi) is 4.83. The van der Waals surface area contributed by atoms with E-state index < -0.39 is 10.0 Å². The Labute approximate surface area is 136 Å². The van der Waals surface area contributed by atoms with E-state index in [1.807, 2.05) is 33.2 Å². The smallest absolute Gasteiger partial charge is 0.243 e. The topological polar surface area (TPSA) is 40.6 Å². The summed E-state index contributed by atoms with van der Waals surface area (Å²) >= 11 is 3.36. The summed E-state index contributed by atoms with van der Waals surface area (Å²) in [6.45, 7) is 2.37. The zero-order valence-electron chi connectivity index (χ0n) is 13.1. The molecule has 4 nitrogen and oxygen atoms in total. The molecule has 1 saturated carbocycles. The third kappa shape index (κ3) is 3.18. The van der Waals surface area contributed by atoms with Crippen LogP contribution in [0.2, 0.25) is 0 Å². The molecule has 1 fully saturated rings. The Balaban J connectivity index is 2.29. The average molecular weight is 375 g/mol. The van der Waals surface area contributed by atoms with Gasteiger partial charge < -0.3 is 4.90 Å². The predicted octanol–water partition coefficient (Wildman–Crippen LogP) is 2.86. The van der Waals surface area contributed by atoms with E-state index >= 15 is 0 Å². The maximum atomic E-state index is 12.8. The third-order valence-electron chi connectivity index (χ3n) is 4.59. The van der Waals surface area contributed by atoms with Crippen molar-refractivity contribution in [3.63, 3.8) is 0 Å². The fourth-order valence-corrected chi connectivity index (χ4v) is 4.86. The summed E-state index contributed by atoms with van der Waals surface area (Å²) in [6, 6.07) is 5.38. The minimum absolute atomic E-state index is 0.0122. The standard InChI is InChI=1S/C15H23BrN2O2S/c1-12-6-7-13(16)10-14(12)21(19,20)18(4)11-15(17(2)3)8-5-9-15/h6-7,10H,5,8-9,11H2,1-4H3. The maximum Gasteiger partial charge on any atom is 0.243 e. The van der Waals surface area contributed by atoms with E-state index in [2.05, 4.69) is 20.8 Å². The molecule has 0 N–H and O–H groups in total. The van der Waals surface area contributed by atoms with Gasteiger partial charge in [0.2, 0.25) is 10.0 Å². The molecule has 1 aromatic rings. The molecular formula is C15H23BrN2O2S. The van der Waals surface area contributed by atoms with Gasteiger partial charge in [-0.05, 0) is 58.0 Å². The Bertz CT molecular complexity index is 625. The fourth-order valence-electron chi connectivity index (χ4n) is 2.85. The zero-order valence-corrected chi connectivity index (χ0v) is 15.5. The minimum atomic E-state index is -3.46. The molecule has 0 saturated heterocycles. The lowest BCUT2D eigenvalue weighted by Gasteiger charge is -2.49. The summed E-state index contributed by atoms with van der Waals surface area (Å²) in [5, 5.41) is 0. The van der Waals surface area contributed by atoms with Gasteiger partial charge >= 0.3 is 0 Å². The molecule has 0 unspecified atom stereocenters. The highest BCUT2D eigenvalue weighted by Crippen LogP contribution is 2.37. The van der Waals surface area contributed by atoms with Crippen molar-refractivity contribution in [1.82, 2.24) is 9.21 Å². The number of hydrogen-bond donors (Lipinski definition) is 0. The number of benzene rings is 1. The van der Waals surface area contributed by atoms with Crippen molar-refractivity contribution in [1.29, 1.82) is 0 Å². The minimum Gasteiger partial charge on any atom is -0.302 e. The van der Waals surface area contributed by atoms with Gasteiger partial charge in [-0.1, -0.05) is 22.0 Å². The van der Waals surface area contributed by atoms with Gasteiger partial charge in [0.05, 0.1) is 4.90 Å². The molecule has 0 aliphatic heterocycles. The van der Waals surface area contributed by atoms with Gasteiger partial charge in [0.1, 0.15) is 0 Å². The van der Waals surface area contributed by atoms with Crippen LogP contribution in [-0.4, -0.2) is 50.8 Å². The molecular weight excluding hydrogens is 352 g/mol. The van der Waals surface area contributed by atoms with E-state index in [1.165, 1.54) is 10.7 Å². The molecule has 1 aromatic carbocycles.